The molecule has 0 aliphatic carbocycles. The summed E-state index contributed by atoms with van der Waals surface area (Å²) in [5.41, 5.74) is 0.744. The van der Waals surface area contributed by atoms with E-state index in [1.165, 1.54) is 3.58 Å². The average Bonchev–Trinajstić information content (AvgIpc) is 1.90. The van der Waals surface area contributed by atoms with E-state index in [1.54, 1.807) is 0 Å². The van der Waals surface area contributed by atoms with E-state index in [4.69, 9.17) is 5.26 Å². The van der Waals surface area contributed by atoms with Gasteiger partial charge in [0.25, 0.3) is 0 Å². The Bertz CT molecular complexity index is 232. The Balaban J connectivity index is 3.06. The van der Waals surface area contributed by atoms with E-state index in [-0.39, 0.29) is 0 Å². The van der Waals surface area contributed by atoms with Gasteiger partial charge in [-0.1, -0.05) is 0 Å². The first kappa shape index (κ1) is 6.63. The zero-order valence-electron chi connectivity index (χ0n) is 4.83. The fraction of sp³-hybridized carbons (Fsp3) is 0. The first-order valence-corrected chi connectivity index (χ1v) is 4.23. The van der Waals surface area contributed by atoms with Crippen LogP contribution in [0.15, 0.2) is 24.3 Å². The van der Waals surface area contributed by atoms with E-state index in [2.05, 4.69) is 6.07 Å². The summed E-state index contributed by atoms with van der Waals surface area (Å²) >= 11 is 1.12. The molecule has 0 fully saturated rings. The van der Waals surface area contributed by atoms with Crippen LogP contribution in [0.2, 0.25) is 0 Å². The molecule has 2 radical (unpaired) electrons. The van der Waals surface area contributed by atoms with Crippen molar-refractivity contribution in [3.63, 3.8) is 0 Å². The fourth-order valence-corrected chi connectivity index (χ4v) is 1.11. The van der Waals surface area contributed by atoms with Gasteiger partial charge in [-0.3, -0.25) is 0 Å². The summed E-state index contributed by atoms with van der Waals surface area (Å²) in [6, 6.07) is 9.74. The third-order valence-electron chi connectivity index (χ3n) is 1.04. The SMILES string of the molecule is N#Cc1cc[c]([SnH])cc1. The first-order chi connectivity index (χ1) is 4.33. The molecule has 0 spiro atoms. The van der Waals surface area contributed by atoms with Crippen LogP contribution in [-0.4, -0.2) is 22.5 Å². The molecular formula is C7H5NSn. The van der Waals surface area contributed by atoms with Gasteiger partial charge in [0.15, 0.2) is 0 Å². The van der Waals surface area contributed by atoms with Crippen LogP contribution < -0.4 is 3.58 Å². The Morgan fingerprint density at radius 3 is 2.22 bits per heavy atom. The molecule has 1 aromatic carbocycles. The van der Waals surface area contributed by atoms with E-state index in [9.17, 15) is 0 Å². The van der Waals surface area contributed by atoms with E-state index in [1.807, 2.05) is 24.3 Å². The van der Waals surface area contributed by atoms with Gasteiger partial charge in [-0.05, 0) is 0 Å². The second-order valence-electron chi connectivity index (χ2n) is 1.73. The minimum absolute atomic E-state index is 0.744. The molecule has 0 aliphatic rings. The summed E-state index contributed by atoms with van der Waals surface area (Å²) in [5, 5.41) is 8.39. The third kappa shape index (κ3) is 1.72. The fourth-order valence-electron chi connectivity index (χ4n) is 0.558. The van der Waals surface area contributed by atoms with Gasteiger partial charge in [0.1, 0.15) is 0 Å². The zero-order chi connectivity index (χ0) is 6.69. The summed E-state index contributed by atoms with van der Waals surface area (Å²) in [4.78, 5) is 0. The van der Waals surface area contributed by atoms with Crippen molar-refractivity contribution in [1.82, 2.24) is 0 Å². The number of rotatable bonds is 0. The molecule has 0 amide bonds. The Morgan fingerprint density at radius 2 is 1.78 bits per heavy atom. The molecular weight excluding hydrogens is 217 g/mol. The Labute approximate surface area is 67.4 Å². The van der Waals surface area contributed by atoms with Crippen LogP contribution in [0.5, 0.6) is 0 Å². The van der Waals surface area contributed by atoms with Crippen molar-refractivity contribution in [2.24, 2.45) is 0 Å². The second-order valence-corrected chi connectivity index (χ2v) is 3.64. The molecule has 1 rings (SSSR count). The van der Waals surface area contributed by atoms with Crippen molar-refractivity contribution in [2.45, 2.75) is 0 Å². The van der Waals surface area contributed by atoms with E-state index in [0.717, 1.165) is 28.1 Å². The maximum absolute atomic E-state index is 8.39. The third-order valence-corrected chi connectivity index (χ3v) is 2.14. The minimum atomic E-state index is 0.744. The van der Waals surface area contributed by atoms with E-state index < -0.39 is 0 Å². The van der Waals surface area contributed by atoms with Crippen molar-refractivity contribution in [3.8, 4) is 6.07 Å². The summed E-state index contributed by atoms with van der Waals surface area (Å²) in [5.74, 6) is 0. The van der Waals surface area contributed by atoms with Gasteiger partial charge < -0.3 is 0 Å². The van der Waals surface area contributed by atoms with E-state index >= 15 is 0 Å². The normalized spacial score (nSPS) is 8.44. The van der Waals surface area contributed by atoms with Crippen LogP contribution >= 0.6 is 0 Å². The van der Waals surface area contributed by atoms with Crippen LogP contribution in [0.25, 0.3) is 0 Å². The Kier molecular flexibility index (Phi) is 2.12. The molecule has 0 heterocycles. The predicted octanol–water partition coefficient (Wildman–Crippen LogP) is 0.0844. The van der Waals surface area contributed by atoms with Crippen molar-refractivity contribution < 1.29 is 0 Å². The molecule has 0 saturated carbocycles. The van der Waals surface area contributed by atoms with Gasteiger partial charge in [0, 0.05) is 0 Å². The molecule has 0 N–H and O–H groups in total. The molecule has 0 aliphatic heterocycles. The molecule has 1 aromatic rings. The first-order valence-electron chi connectivity index (χ1n) is 2.58. The summed E-state index contributed by atoms with van der Waals surface area (Å²) in [6.45, 7) is 0. The summed E-state index contributed by atoms with van der Waals surface area (Å²) in [6.07, 6.45) is 0. The number of hydrogen-bond acceptors (Lipinski definition) is 1. The van der Waals surface area contributed by atoms with E-state index in [0.29, 0.717) is 0 Å². The topological polar surface area (TPSA) is 23.8 Å². The maximum atomic E-state index is 8.39. The van der Waals surface area contributed by atoms with Gasteiger partial charge in [-0.25, -0.2) is 0 Å². The van der Waals surface area contributed by atoms with Crippen molar-refractivity contribution in [1.29, 1.82) is 5.26 Å². The van der Waals surface area contributed by atoms with Crippen LogP contribution in [0, 0.1) is 11.3 Å². The summed E-state index contributed by atoms with van der Waals surface area (Å²) < 4.78 is 1.32. The molecule has 0 atom stereocenters. The Morgan fingerprint density at radius 1 is 1.22 bits per heavy atom. The zero-order valence-corrected chi connectivity index (χ0v) is 8.13. The number of hydrogen-bond donors (Lipinski definition) is 0. The number of nitrogens with zero attached hydrogens (tertiary/aromatic N) is 1. The van der Waals surface area contributed by atoms with Gasteiger partial charge in [0.2, 0.25) is 0 Å². The predicted molar refractivity (Wildman–Crippen MR) is 37.9 cm³/mol. The molecule has 0 unspecified atom stereocenters. The average molecular weight is 222 g/mol. The molecule has 0 saturated heterocycles. The molecule has 0 bridgehead atoms. The van der Waals surface area contributed by atoms with Crippen molar-refractivity contribution >= 4 is 26.1 Å². The van der Waals surface area contributed by atoms with Gasteiger partial charge >= 0.3 is 67.3 Å². The second kappa shape index (κ2) is 2.88. The van der Waals surface area contributed by atoms with Gasteiger partial charge in [-0.15, -0.1) is 0 Å². The summed E-state index contributed by atoms with van der Waals surface area (Å²) in [7, 11) is 0. The van der Waals surface area contributed by atoms with Crippen LogP contribution in [0.1, 0.15) is 5.56 Å². The monoisotopic (exact) mass is 223 g/mol. The van der Waals surface area contributed by atoms with Crippen LogP contribution in [0.4, 0.5) is 0 Å². The standard InChI is InChI=1S/C7H4N.Sn.H/c8-6-7-4-2-1-3-5-7;;/h2-5H;;. The molecule has 2 heteroatoms. The Hall–Kier alpha value is -0.491. The molecule has 42 valence electrons. The van der Waals surface area contributed by atoms with Crippen molar-refractivity contribution in [3.05, 3.63) is 29.8 Å². The molecule has 9 heavy (non-hydrogen) atoms. The quantitative estimate of drug-likeness (QED) is 0.570. The van der Waals surface area contributed by atoms with Crippen LogP contribution in [-0.2, 0) is 0 Å². The van der Waals surface area contributed by atoms with Crippen molar-refractivity contribution in [2.75, 3.05) is 0 Å². The van der Waals surface area contributed by atoms with Gasteiger partial charge in [-0.2, -0.15) is 0 Å². The van der Waals surface area contributed by atoms with Gasteiger partial charge in [0.05, 0.1) is 0 Å². The van der Waals surface area contributed by atoms with Crippen LogP contribution in [0.3, 0.4) is 0 Å². The number of nitriles is 1. The number of benzene rings is 1. The molecule has 1 nitrogen and oxygen atoms in total. The molecule has 0 aromatic heterocycles.